The zero-order valence-electron chi connectivity index (χ0n) is 16.6. The van der Waals surface area contributed by atoms with E-state index in [0.29, 0.717) is 5.79 Å². The Labute approximate surface area is 149 Å². The number of rotatable bonds is 6. The van der Waals surface area contributed by atoms with Gasteiger partial charge in [0, 0.05) is 47.9 Å². The van der Waals surface area contributed by atoms with Gasteiger partial charge < -0.3 is 0 Å². The number of nitrogens with zero attached hydrogens (tertiary/aromatic N) is 3. The van der Waals surface area contributed by atoms with Gasteiger partial charge in [0.1, 0.15) is 7.16 Å². The molecule has 0 saturated carbocycles. The Morgan fingerprint density at radius 3 is 1.33 bits per heavy atom. The zero-order valence-corrected chi connectivity index (χ0v) is 16.5. The summed E-state index contributed by atoms with van der Waals surface area (Å²) in [6.45, 7) is 0. The van der Waals surface area contributed by atoms with Gasteiger partial charge in [0.25, 0.3) is 7.71 Å². The van der Waals surface area contributed by atoms with E-state index in [-0.39, 0.29) is 0 Å². The van der Waals surface area contributed by atoms with Crippen LogP contribution in [0.1, 0.15) is 12.5 Å². The van der Waals surface area contributed by atoms with E-state index in [0.717, 1.165) is 16.7 Å². The summed E-state index contributed by atoms with van der Waals surface area (Å²) in [5, 5.41) is 0. The third kappa shape index (κ3) is 3.76. The summed E-state index contributed by atoms with van der Waals surface area (Å²) in [7, 11) is 10.2. The van der Waals surface area contributed by atoms with Crippen molar-refractivity contribution in [3.8, 4) is 0 Å². The molecule has 0 aliphatic carbocycles. The van der Waals surface area contributed by atoms with Crippen molar-refractivity contribution in [3.05, 3.63) is 77.6 Å². The van der Waals surface area contributed by atoms with Gasteiger partial charge in [0.15, 0.2) is 0 Å². The van der Waals surface area contributed by atoms with Crippen molar-refractivity contribution in [3.63, 3.8) is 0 Å². The molecule has 2 rings (SSSR count). The molecule has 0 heterocycles. The van der Waals surface area contributed by atoms with Crippen LogP contribution in [0.3, 0.4) is 0 Å². The molecule has 0 spiro atoms. The van der Waals surface area contributed by atoms with Crippen molar-refractivity contribution in [2.24, 2.45) is 0 Å². The van der Waals surface area contributed by atoms with E-state index in [4.69, 9.17) is 0 Å². The fourth-order valence-corrected chi connectivity index (χ4v) is 6.33. The van der Waals surface area contributed by atoms with Crippen LogP contribution in [0.4, 0.5) is 0 Å². The Bertz CT molecular complexity index is 649. The predicted molar refractivity (Wildman–Crippen MR) is 108 cm³/mol. The lowest BCUT2D eigenvalue weighted by Crippen LogP contribution is -2.34. The van der Waals surface area contributed by atoms with Gasteiger partial charge in [-0.05, 0) is 11.1 Å². The molecule has 0 fully saturated rings. The van der Waals surface area contributed by atoms with Crippen LogP contribution >= 0.6 is 7.71 Å². The summed E-state index contributed by atoms with van der Waals surface area (Å²) in [5.41, 5.74) is 3.15. The topological polar surface area (TPSA) is 9.72 Å². The quantitative estimate of drug-likeness (QED) is 0.714. The van der Waals surface area contributed by atoms with Gasteiger partial charge >= 0.3 is 0 Å². The molecule has 24 heavy (non-hydrogen) atoms. The van der Waals surface area contributed by atoms with E-state index in [9.17, 15) is 1.37 Å². The minimum absolute atomic E-state index is 0.657. The fourth-order valence-electron chi connectivity index (χ4n) is 3.03. The Morgan fingerprint density at radius 2 is 1.04 bits per heavy atom. The minimum Gasteiger partial charge on any atom is -0.151 e. The number of benzene rings is 2. The second kappa shape index (κ2) is 8.04. The van der Waals surface area contributed by atoms with E-state index < -0.39 is 7.71 Å². The third-order valence-corrected chi connectivity index (χ3v) is 7.93. The van der Waals surface area contributed by atoms with Crippen LogP contribution < -0.4 is 0 Å². The van der Waals surface area contributed by atoms with Crippen molar-refractivity contribution in [2.45, 2.75) is 0 Å². The van der Waals surface area contributed by atoms with Crippen LogP contribution in [0.5, 0.6) is 0 Å². The molecule has 0 aromatic heterocycles. The number of hydrogen-bond donors (Lipinski definition) is 0. The summed E-state index contributed by atoms with van der Waals surface area (Å²) in [4.78, 5) is 0. The summed E-state index contributed by atoms with van der Waals surface area (Å²) in [6.07, 6.45) is 0. The minimum atomic E-state index is -2.14. The number of hydrogen-bond acceptors (Lipinski definition) is 3. The summed E-state index contributed by atoms with van der Waals surface area (Å²) in [6, 6.07) is 20.5. The zero-order chi connectivity index (χ0) is 18.6. The Kier molecular flexibility index (Phi) is 5.80. The maximum atomic E-state index is 9.30. The Balaban J connectivity index is 2.85. The van der Waals surface area contributed by atoms with Gasteiger partial charge in [0.2, 0.25) is 0 Å². The van der Waals surface area contributed by atoms with Gasteiger partial charge in [-0.1, -0.05) is 60.7 Å². The normalized spacial score (nSPS) is 12.6. The van der Waals surface area contributed by atoms with E-state index >= 15 is 0 Å². The predicted octanol–water partition coefficient (Wildman–Crippen LogP) is 4.52. The van der Waals surface area contributed by atoms with E-state index in [1.165, 1.54) is 0 Å². The first-order valence-corrected chi connectivity index (χ1v) is 9.73. The van der Waals surface area contributed by atoms with Crippen LogP contribution in [0.25, 0.3) is 5.57 Å². The summed E-state index contributed by atoms with van der Waals surface area (Å²) >= 11 is 0. The standard InChI is InChI=1S/C20H29N3P/c1-21(2)24(22(3)4,23(5)6)17-20(18-13-9-7-10-14-18)19-15-11-8-12-16-19/h7-17H,1-6H3/q+1/i17D. The lowest BCUT2D eigenvalue weighted by atomic mass is 10.00. The van der Waals surface area contributed by atoms with Crippen molar-refractivity contribution in [2.75, 3.05) is 42.3 Å². The molecular formula is C20H29N3P+. The van der Waals surface area contributed by atoms with Crippen molar-refractivity contribution in [1.29, 1.82) is 0 Å². The molecule has 2 aromatic rings. The molecule has 0 amide bonds. The Hall–Kier alpha value is -1.51. The van der Waals surface area contributed by atoms with Crippen LogP contribution in [-0.2, 0) is 0 Å². The van der Waals surface area contributed by atoms with E-state index in [1.807, 2.05) is 36.4 Å². The highest BCUT2D eigenvalue weighted by Gasteiger charge is 2.46. The molecule has 0 aliphatic rings. The summed E-state index contributed by atoms with van der Waals surface area (Å²) < 4.78 is 15.9. The first-order chi connectivity index (χ1) is 11.8. The molecule has 0 bridgehead atoms. The van der Waals surface area contributed by atoms with Crippen LogP contribution in [0.15, 0.2) is 66.5 Å². The van der Waals surface area contributed by atoms with Crippen molar-refractivity contribution < 1.29 is 1.37 Å². The van der Waals surface area contributed by atoms with Crippen molar-refractivity contribution >= 4 is 13.3 Å². The first kappa shape index (κ1) is 17.3. The van der Waals surface area contributed by atoms with Gasteiger partial charge in [-0.15, -0.1) is 0 Å². The van der Waals surface area contributed by atoms with Crippen LogP contribution in [0, 0.1) is 0 Å². The molecule has 2 aromatic carbocycles. The second-order valence-electron chi connectivity index (χ2n) is 6.33. The largest absolute Gasteiger partial charge is 0.253 e. The van der Waals surface area contributed by atoms with Gasteiger partial charge in [-0.25, -0.2) is 0 Å². The maximum absolute atomic E-state index is 9.30. The summed E-state index contributed by atoms with van der Waals surface area (Å²) in [5.74, 6) is 0.657. The highest BCUT2D eigenvalue weighted by molar-refractivity contribution is 7.72. The maximum Gasteiger partial charge on any atom is 0.253 e. The van der Waals surface area contributed by atoms with Crippen LogP contribution in [-0.4, -0.2) is 56.3 Å². The smallest absolute Gasteiger partial charge is 0.151 e. The molecule has 0 saturated heterocycles. The van der Waals surface area contributed by atoms with Crippen LogP contribution in [0.2, 0.25) is 0 Å². The molecule has 0 atom stereocenters. The average Bonchev–Trinajstić information content (AvgIpc) is 2.56. The molecule has 128 valence electrons. The Morgan fingerprint density at radius 1 is 0.708 bits per heavy atom. The second-order valence-corrected chi connectivity index (χ2v) is 10.1. The third-order valence-electron chi connectivity index (χ3n) is 4.06. The SMILES string of the molecule is [2H]C(=C(c1ccccc1)c1ccccc1)[P+](N(C)C)(N(C)C)N(C)C. The molecule has 0 unspecified atom stereocenters. The fraction of sp³-hybridized carbons (Fsp3) is 0.300. The van der Waals surface area contributed by atoms with Crippen molar-refractivity contribution in [1.82, 2.24) is 14.0 Å². The van der Waals surface area contributed by atoms with E-state index in [1.54, 1.807) is 0 Å². The van der Waals surface area contributed by atoms with E-state index in [2.05, 4.69) is 80.6 Å². The first-order valence-electron chi connectivity index (χ1n) is 8.58. The molecule has 3 nitrogen and oxygen atoms in total. The monoisotopic (exact) mass is 343 g/mol. The van der Waals surface area contributed by atoms with Gasteiger partial charge in [-0.3, -0.25) is 0 Å². The van der Waals surface area contributed by atoms with Gasteiger partial charge in [0.05, 0.1) is 0 Å². The highest BCUT2D eigenvalue weighted by Crippen LogP contribution is 2.66. The average molecular weight is 343 g/mol. The lowest BCUT2D eigenvalue weighted by Gasteiger charge is -2.38. The highest BCUT2D eigenvalue weighted by atomic mass is 31.2. The molecule has 0 aliphatic heterocycles. The molecule has 4 heteroatoms. The molecule has 0 radical (unpaired) electrons. The lowest BCUT2D eigenvalue weighted by molar-refractivity contribution is 0.472. The van der Waals surface area contributed by atoms with Gasteiger partial charge in [-0.2, -0.15) is 14.0 Å². The molecular weight excluding hydrogens is 313 g/mol. The molecule has 0 N–H and O–H groups in total.